The highest BCUT2D eigenvalue weighted by Crippen LogP contribution is 2.31. The van der Waals surface area contributed by atoms with Gasteiger partial charge in [-0.05, 0) is 44.2 Å². The molecule has 176 valence electrons. The fourth-order valence-electron chi connectivity index (χ4n) is 3.54. The first-order valence-electron chi connectivity index (χ1n) is 9.95. The summed E-state index contributed by atoms with van der Waals surface area (Å²) < 4.78 is 34.2. The largest absolute Gasteiger partial charge is 0.495 e. The number of halogens is 1. The van der Waals surface area contributed by atoms with Crippen molar-refractivity contribution >= 4 is 38.9 Å². The highest BCUT2D eigenvalue weighted by molar-refractivity contribution is 7.92. The number of aromatic nitrogens is 2. The lowest BCUT2D eigenvalue weighted by atomic mass is 10.2. The number of para-hydroxylation sites is 1. The van der Waals surface area contributed by atoms with Crippen molar-refractivity contribution in [3.8, 4) is 11.4 Å². The molecule has 0 radical (unpaired) electrons. The van der Waals surface area contributed by atoms with E-state index in [0.717, 1.165) is 10.6 Å². The maximum absolute atomic E-state index is 13.1. The summed E-state index contributed by atoms with van der Waals surface area (Å²) in [6.07, 6.45) is 0.991. The number of carbonyl (C=O) groups is 1. The van der Waals surface area contributed by atoms with Crippen LogP contribution in [0.1, 0.15) is 12.6 Å². The van der Waals surface area contributed by atoms with Crippen molar-refractivity contribution < 1.29 is 17.9 Å². The van der Waals surface area contributed by atoms with Gasteiger partial charge in [0.05, 0.1) is 35.5 Å². The minimum atomic E-state index is -3.87. The molecular formula is C22H25ClN4O5S. The Bertz CT molecular complexity index is 1350. The average molecular weight is 493 g/mol. The van der Waals surface area contributed by atoms with E-state index < -0.39 is 27.5 Å². The van der Waals surface area contributed by atoms with Crippen molar-refractivity contribution in [1.29, 1.82) is 0 Å². The van der Waals surface area contributed by atoms with Gasteiger partial charge in [-0.25, -0.2) is 13.1 Å². The molecule has 1 N–H and O–H groups in total. The fourth-order valence-corrected chi connectivity index (χ4v) is 4.96. The van der Waals surface area contributed by atoms with Gasteiger partial charge in [-0.15, -0.1) is 0 Å². The van der Waals surface area contributed by atoms with Crippen LogP contribution in [0.5, 0.6) is 5.75 Å². The molecule has 0 aliphatic heterocycles. The summed E-state index contributed by atoms with van der Waals surface area (Å²) in [5.41, 5.74) is 0.979. The van der Waals surface area contributed by atoms with E-state index in [2.05, 4.69) is 5.32 Å². The van der Waals surface area contributed by atoms with E-state index in [1.807, 2.05) is 6.07 Å². The Labute approximate surface area is 197 Å². The summed E-state index contributed by atoms with van der Waals surface area (Å²) in [6.45, 7) is 3.13. The molecule has 0 aliphatic carbocycles. The van der Waals surface area contributed by atoms with Gasteiger partial charge in [0.1, 0.15) is 17.5 Å². The molecule has 0 spiro atoms. The van der Waals surface area contributed by atoms with Crippen molar-refractivity contribution in [2.45, 2.75) is 19.9 Å². The summed E-state index contributed by atoms with van der Waals surface area (Å²) in [5.74, 6) is -0.300. The van der Waals surface area contributed by atoms with Gasteiger partial charge in [0.25, 0.3) is 5.56 Å². The molecule has 9 nitrogen and oxygen atoms in total. The number of benzene rings is 2. The van der Waals surface area contributed by atoms with Crippen LogP contribution in [-0.4, -0.2) is 43.1 Å². The van der Waals surface area contributed by atoms with Crippen LogP contribution in [0.2, 0.25) is 5.02 Å². The molecule has 3 rings (SSSR count). The molecule has 0 bridgehead atoms. The maximum Gasteiger partial charge on any atom is 0.295 e. The number of hydrogen-bond acceptors (Lipinski definition) is 5. The molecule has 1 heterocycles. The molecule has 0 aliphatic rings. The molecule has 0 unspecified atom stereocenters. The van der Waals surface area contributed by atoms with Gasteiger partial charge in [0.15, 0.2) is 0 Å². The lowest BCUT2D eigenvalue weighted by molar-refractivity contribution is -0.116. The second kappa shape index (κ2) is 9.32. The van der Waals surface area contributed by atoms with Gasteiger partial charge in [-0.2, -0.15) is 0 Å². The quantitative estimate of drug-likeness (QED) is 0.546. The number of ether oxygens (including phenoxy) is 1. The van der Waals surface area contributed by atoms with Crippen LogP contribution in [0, 0.1) is 6.92 Å². The number of nitrogens with one attached hydrogen (secondary N) is 1. The zero-order valence-corrected chi connectivity index (χ0v) is 20.4. The highest BCUT2D eigenvalue weighted by Gasteiger charge is 2.31. The average Bonchev–Trinajstić information content (AvgIpc) is 2.96. The molecule has 0 saturated carbocycles. The second-order valence-corrected chi connectivity index (χ2v) is 9.75. The highest BCUT2D eigenvalue weighted by atomic mass is 35.5. The van der Waals surface area contributed by atoms with Gasteiger partial charge in [0.2, 0.25) is 15.9 Å². The van der Waals surface area contributed by atoms with Crippen molar-refractivity contribution in [1.82, 2.24) is 9.36 Å². The van der Waals surface area contributed by atoms with E-state index in [4.69, 9.17) is 16.3 Å². The van der Waals surface area contributed by atoms with Crippen LogP contribution < -0.4 is 19.9 Å². The molecule has 1 aromatic heterocycles. The zero-order chi connectivity index (χ0) is 24.5. The molecule has 1 amide bonds. The predicted octanol–water partition coefficient (Wildman–Crippen LogP) is 2.94. The Morgan fingerprint density at radius 3 is 2.36 bits per heavy atom. The summed E-state index contributed by atoms with van der Waals surface area (Å²) in [4.78, 5) is 26.2. The molecule has 3 aromatic rings. The summed E-state index contributed by atoms with van der Waals surface area (Å²) in [5, 5.41) is 2.81. The van der Waals surface area contributed by atoms with Gasteiger partial charge in [-0.3, -0.25) is 18.6 Å². The number of amides is 1. The zero-order valence-electron chi connectivity index (χ0n) is 18.9. The lowest BCUT2D eigenvalue weighted by Crippen LogP contribution is -2.45. The van der Waals surface area contributed by atoms with E-state index in [1.54, 1.807) is 42.9 Å². The lowest BCUT2D eigenvalue weighted by Gasteiger charge is -2.28. The van der Waals surface area contributed by atoms with Crippen LogP contribution in [0.25, 0.3) is 5.69 Å². The molecule has 0 fully saturated rings. The third-order valence-corrected chi connectivity index (χ3v) is 6.82. The standard InChI is InChI=1S/C22H25ClN4O5S/c1-14-20(22(29)26(25(14)3)16-9-7-6-8-10-16)24-21(28)15(2)27(33(5,30)31)17-11-12-19(32-4)18(23)13-17/h6-13,15H,1-5H3,(H,24,28)/t15-/m0/s1. The Balaban J connectivity index is 1.98. The molecule has 1 atom stereocenters. The first-order chi connectivity index (χ1) is 15.5. The Hall–Kier alpha value is -3.24. The normalized spacial score (nSPS) is 12.3. The number of nitrogens with zero attached hydrogens (tertiary/aromatic N) is 3. The number of carbonyl (C=O) groups excluding carboxylic acids is 1. The summed E-state index contributed by atoms with van der Waals surface area (Å²) in [6, 6.07) is 12.2. The van der Waals surface area contributed by atoms with Gasteiger partial charge < -0.3 is 10.1 Å². The van der Waals surface area contributed by atoms with E-state index in [0.29, 0.717) is 17.1 Å². The van der Waals surface area contributed by atoms with Crippen LogP contribution in [0.4, 0.5) is 11.4 Å². The monoisotopic (exact) mass is 492 g/mol. The SMILES string of the molecule is COc1ccc(N([C@@H](C)C(=O)Nc2c(C)n(C)n(-c3ccccc3)c2=O)S(C)(=O)=O)cc1Cl. The first kappa shape index (κ1) is 24.4. The Morgan fingerprint density at radius 1 is 1.18 bits per heavy atom. The Kier molecular flexibility index (Phi) is 6.89. The fraction of sp³-hybridized carbons (Fsp3) is 0.273. The summed E-state index contributed by atoms with van der Waals surface area (Å²) in [7, 11) is -0.733. The maximum atomic E-state index is 13.1. The first-order valence-corrected chi connectivity index (χ1v) is 12.2. The van der Waals surface area contributed by atoms with Crippen molar-refractivity contribution in [3.63, 3.8) is 0 Å². The van der Waals surface area contributed by atoms with Crippen LogP contribution in [0.3, 0.4) is 0 Å². The summed E-state index contributed by atoms with van der Waals surface area (Å²) >= 11 is 6.16. The minimum absolute atomic E-state index is 0.0689. The van der Waals surface area contributed by atoms with Crippen molar-refractivity contribution in [2.75, 3.05) is 23.0 Å². The molecule has 0 saturated heterocycles. The molecular weight excluding hydrogens is 468 g/mol. The van der Waals surface area contributed by atoms with Crippen LogP contribution in [0.15, 0.2) is 53.3 Å². The predicted molar refractivity (Wildman–Crippen MR) is 129 cm³/mol. The number of anilines is 2. The molecule has 11 heteroatoms. The van der Waals surface area contributed by atoms with E-state index in [-0.39, 0.29) is 16.4 Å². The molecule has 2 aromatic carbocycles. The van der Waals surface area contributed by atoms with Gasteiger partial charge in [0, 0.05) is 7.05 Å². The number of sulfonamides is 1. The molecule has 33 heavy (non-hydrogen) atoms. The Morgan fingerprint density at radius 2 is 1.82 bits per heavy atom. The van der Waals surface area contributed by atoms with Crippen molar-refractivity contribution in [3.05, 3.63) is 69.6 Å². The number of hydrogen-bond donors (Lipinski definition) is 1. The van der Waals surface area contributed by atoms with Gasteiger partial charge in [-0.1, -0.05) is 29.8 Å². The van der Waals surface area contributed by atoms with Crippen LogP contribution >= 0.6 is 11.6 Å². The van der Waals surface area contributed by atoms with Crippen LogP contribution in [-0.2, 0) is 21.9 Å². The topological polar surface area (TPSA) is 103 Å². The third-order valence-electron chi connectivity index (χ3n) is 5.28. The third kappa shape index (κ3) is 4.76. The van der Waals surface area contributed by atoms with Gasteiger partial charge >= 0.3 is 0 Å². The minimum Gasteiger partial charge on any atom is -0.495 e. The van der Waals surface area contributed by atoms with E-state index in [1.165, 1.54) is 36.9 Å². The van der Waals surface area contributed by atoms with Crippen molar-refractivity contribution in [2.24, 2.45) is 7.05 Å². The second-order valence-electron chi connectivity index (χ2n) is 7.48. The van der Waals surface area contributed by atoms with E-state index >= 15 is 0 Å². The number of methoxy groups -OCH3 is 1. The van der Waals surface area contributed by atoms with E-state index in [9.17, 15) is 18.0 Å². The number of rotatable bonds is 7. The smallest absolute Gasteiger partial charge is 0.295 e.